The monoisotopic (exact) mass is 294 g/mol. The zero-order valence-electron chi connectivity index (χ0n) is 12.0. The zero-order chi connectivity index (χ0) is 15.5. The summed E-state index contributed by atoms with van der Waals surface area (Å²) in [5.41, 5.74) is 1.35. The SMILES string of the molecule is CNC(=O)c1nc2cccnc2n(Cc2ccccc2)c1=O. The molecule has 2 heterocycles. The van der Waals surface area contributed by atoms with E-state index in [2.05, 4.69) is 15.3 Å². The molecule has 1 N–H and O–H groups in total. The lowest BCUT2D eigenvalue weighted by molar-refractivity contribution is 0.0956. The fourth-order valence-electron chi connectivity index (χ4n) is 2.25. The van der Waals surface area contributed by atoms with Crippen molar-refractivity contribution in [3.8, 4) is 0 Å². The van der Waals surface area contributed by atoms with Gasteiger partial charge in [0.15, 0.2) is 11.3 Å². The van der Waals surface area contributed by atoms with Gasteiger partial charge in [0.05, 0.1) is 6.54 Å². The highest BCUT2D eigenvalue weighted by molar-refractivity contribution is 5.93. The van der Waals surface area contributed by atoms with Crippen LogP contribution in [0.15, 0.2) is 53.5 Å². The summed E-state index contributed by atoms with van der Waals surface area (Å²) in [6.45, 7) is 0.333. The van der Waals surface area contributed by atoms with E-state index in [0.717, 1.165) is 5.56 Å². The zero-order valence-corrected chi connectivity index (χ0v) is 12.0. The Morgan fingerprint density at radius 3 is 2.68 bits per heavy atom. The molecule has 1 aromatic carbocycles. The molecule has 0 bridgehead atoms. The molecule has 0 fully saturated rings. The molecule has 0 aliphatic rings. The maximum Gasteiger partial charge on any atom is 0.284 e. The fourth-order valence-corrected chi connectivity index (χ4v) is 2.25. The van der Waals surface area contributed by atoms with Crippen molar-refractivity contribution in [1.82, 2.24) is 19.9 Å². The van der Waals surface area contributed by atoms with Crippen LogP contribution in [0, 0.1) is 0 Å². The molecule has 0 atom stereocenters. The average molecular weight is 294 g/mol. The van der Waals surface area contributed by atoms with Gasteiger partial charge in [-0.2, -0.15) is 0 Å². The van der Waals surface area contributed by atoms with Crippen LogP contribution in [0.1, 0.15) is 16.1 Å². The van der Waals surface area contributed by atoms with Crippen molar-refractivity contribution in [2.75, 3.05) is 7.05 Å². The van der Waals surface area contributed by atoms with E-state index in [4.69, 9.17) is 0 Å². The lowest BCUT2D eigenvalue weighted by Crippen LogP contribution is -2.33. The summed E-state index contributed by atoms with van der Waals surface area (Å²) < 4.78 is 1.47. The molecule has 22 heavy (non-hydrogen) atoms. The van der Waals surface area contributed by atoms with Crippen LogP contribution in [0.25, 0.3) is 11.2 Å². The number of pyridine rings is 1. The molecule has 6 heteroatoms. The number of rotatable bonds is 3. The minimum Gasteiger partial charge on any atom is -0.354 e. The van der Waals surface area contributed by atoms with Gasteiger partial charge in [-0.3, -0.25) is 14.2 Å². The van der Waals surface area contributed by atoms with Crippen molar-refractivity contribution in [2.45, 2.75) is 6.54 Å². The number of nitrogens with one attached hydrogen (secondary N) is 1. The van der Waals surface area contributed by atoms with Crippen molar-refractivity contribution >= 4 is 17.1 Å². The molecular weight excluding hydrogens is 280 g/mol. The summed E-state index contributed by atoms with van der Waals surface area (Å²) in [5.74, 6) is -0.502. The van der Waals surface area contributed by atoms with Crippen LogP contribution in [0.2, 0.25) is 0 Å². The maximum atomic E-state index is 12.6. The Morgan fingerprint density at radius 1 is 1.18 bits per heavy atom. The third-order valence-corrected chi connectivity index (χ3v) is 3.33. The number of benzene rings is 1. The standard InChI is InChI=1S/C16H14N4O2/c1-17-15(21)13-16(22)20(10-11-6-3-2-4-7-11)14-12(19-13)8-5-9-18-14/h2-9H,10H2,1H3,(H,17,21). The Labute approximate surface area is 126 Å². The lowest BCUT2D eigenvalue weighted by Gasteiger charge is -2.11. The average Bonchev–Trinajstić information content (AvgIpc) is 2.57. The molecule has 1 amide bonds. The highest BCUT2D eigenvalue weighted by Crippen LogP contribution is 2.09. The van der Waals surface area contributed by atoms with E-state index in [1.54, 1.807) is 18.3 Å². The molecule has 110 valence electrons. The first kappa shape index (κ1) is 13.9. The summed E-state index contributed by atoms with van der Waals surface area (Å²) in [6.07, 6.45) is 1.60. The third kappa shape index (κ3) is 2.46. The van der Waals surface area contributed by atoms with Crippen LogP contribution >= 0.6 is 0 Å². The van der Waals surface area contributed by atoms with Crippen molar-refractivity contribution in [3.05, 3.63) is 70.3 Å². The topological polar surface area (TPSA) is 76.9 Å². The molecule has 0 saturated carbocycles. The normalized spacial score (nSPS) is 10.6. The predicted octanol–water partition coefficient (Wildman–Crippen LogP) is 1.20. The van der Waals surface area contributed by atoms with Gasteiger partial charge in [0.1, 0.15) is 5.52 Å². The highest BCUT2D eigenvalue weighted by Gasteiger charge is 2.17. The number of aromatic nitrogens is 3. The van der Waals surface area contributed by atoms with Crippen LogP contribution in [0.5, 0.6) is 0 Å². The van der Waals surface area contributed by atoms with E-state index in [0.29, 0.717) is 17.7 Å². The summed E-state index contributed by atoms with van der Waals surface area (Å²) in [6, 6.07) is 13.0. The molecular formula is C16H14N4O2. The predicted molar refractivity (Wildman–Crippen MR) is 82.7 cm³/mol. The molecule has 3 rings (SSSR count). The molecule has 3 aromatic rings. The Bertz CT molecular complexity index is 888. The molecule has 6 nitrogen and oxygen atoms in total. The van der Waals surface area contributed by atoms with Crippen LogP contribution < -0.4 is 10.9 Å². The molecule has 0 spiro atoms. The summed E-state index contributed by atoms with van der Waals surface area (Å²) in [7, 11) is 1.47. The van der Waals surface area contributed by atoms with Crippen LogP contribution in [0.3, 0.4) is 0 Å². The first-order valence-electron chi connectivity index (χ1n) is 6.82. The molecule has 0 radical (unpaired) electrons. The molecule has 0 saturated heterocycles. The molecule has 0 aliphatic heterocycles. The van der Waals surface area contributed by atoms with Gasteiger partial charge in [-0.15, -0.1) is 0 Å². The second kappa shape index (κ2) is 5.77. The van der Waals surface area contributed by atoms with Gasteiger partial charge in [0, 0.05) is 13.2 Å². The Morgan fingerprint density at radius 2 is 1.95 bits per heavy atom. The third-order valence-electron chi connectivity index (χ3n) is 3.33. The summed E-state index contributed by atoms with van der Waals surface area (Å²) in [5, 5.41) is 2.44. The summed E-state index contributed by atoms with van der Waals surface area (Å²) >= 11 is 0. The number of hydrogen-bond donors (Lipinski definition) is 1. The van der Waals surface area contributed by atoms with Gasteiger partial charge in [0.25, 0.3) is 11.5 Å². The number of nitrogens with zero attached hydrogens (tertiary/aromatic N) is 3. The second-order valence-electron chi connectivity index (χ2n) is 4.76. The van der Waals surface area contributed by atoms with Gasteiger partial charge >= 0.3 is 0 Å². The number of amides is 1. The minimum absolute atomic E-state index is 0.126. The van der Waals surface area contributed by atoms with Gasteiger partial charge in [0.2, 0.25) is 0 Å². The Balaban J connectivity index is 2.24. The van der Waals surface area contributed by atoms with Crippen LogP contribution in [-0.4, -0.2) is 27.5 Å². The Hall–Kier alpha value is -3.02. The lowest BCUT2D eigenvalue weighted by atomic mass is 10.2. The van der Waals surface area contributed by atoms with Crippen molar-refractivity contribution in [1.29, 1.82) is 0 Å². The first-order valence-corrected chi connectivity index (χ1v) is 6.82. The van der Waals surface area contributed by atoms with E-state index in [1.165, 1.54) is 11.6 Å². The molecule has 0 aliphatic carbocycles. The van der Waals surface area contributed by atoms with Gasteiger partial charge in [-0.05, 0) is 17.7 Å². The Kier molecular flexibility index (Phi) is 3.65. The van der Waals surface area contributed by atoms with Crippen molar-refractivity contribution in [2.24, 2.45) is 0 Å². The van der Waals surface area contributed by atoms with Gasteiger partial charge in [-0.25, -0.2) is 9.97 Å². The number of hydrogen-bond acceptors (Lipinski definition) is 4. The van der Waals surface area contributed by atoms with E-state index in [1.807, 2.05) is 30.3 Å². The maximum absolute atomic E-state index is 12.6. The second-order valence-corrected chi connectivity index (χ2v) is 4.76. The minimum atomic E-state index is -0.502. The number of carbonyl (C=O) groups is 1. The van der Waals surface area contributed by atoms with Crippen LogP contribution in [0.4, 0.5) is 0 Å². The quantitative estimate of drug-likeness (QED) is 0.787. The van der Waals surface area contributed by atoms with Gasteiger partial charge in [-0.1, -0.05) is 30.3 Å². The largest absolute Gasteiger partial charge is 0.354 e. The molecule has 0 unspecified atom stereocenters. The first-order chi connectivity index (χ1) is 10.7. The fraction of sp³-hybridized carbons (Fsp3) is 0.125. The van der Waals surface area contributed by atoms with E-state index in [-0.39, 0.29) is 5.69 Å². The number of carbonyl (C=O) groups excluding carboxylic acids is 1. The van der Waals surface area contributed by atoms with Crippen molar-refractivity contribution < 1.29 is 4.79 Å². The number of fused-ring (bicyclic) bond motifs is 1. The smallest absolute Gasteiger partial charge is 0.284 e. The summed E-state index contributed by atoms with van der Waals surface area (Å²) in [4.78, 5) is 32.8. The van der Waals surface area contributed by atoms with Crippen molar-refractivity contribution in [3.63, 3.8) is 0 Å². The highest BCUT2D eigenvalue weighted by atomic mass is 16.2. The van der Waals surface area contributed by atoms with E-state index >= 15 is 0 Å². The van der Waals surface area contributed by atoms with E-state index in [9.17, 15) is 9.59 Å². The van der Waals surface area contributed by atoms with Crippen LogP contribution in [-0.2, 0) is 6.54 Å². The van der Waals surface area contributed by atoms with E-state index < -0.39 is 11.5 Å². The van der Waals surface area contributed by atoms with Gasteiger partial charge < -0.3 is 5.32 Å². The molecule has 2 aromatic heterocycles.